The predicted octanol–water partition coefficient (Wildman–Crippen LogP) is 1.89. The van der Waals surface area contributed by atoms with Crippen LogP contribution in [0.5, 0.6) is 0 Å². The average Bonchev–Trinajstić information content (AvgIpc) is 2.95. The number of aromatic amines is 1. The summed E-state index contributed by atoms with van der Waals surface area (Å²) < 4.78 is 6.96. The molecule has 0 fully saturated rings. The SMILES string of the molecule is Cc1nc(C(C)OC(=O)c2c(C(C)C)cnn2C)n[nH]1. The van der Waals surface area contributed by atoms with Gasteiger partial charge in [0.25, 0.3) is 0 Å². The molecule has 0 amide bonds. The lowest BCUT2D eigenvalue weighted by atomic mass is 10.0. The van der Waals surface area contributed by atoms with Crippen LogP contribution < -0.4 is 0 Å². The van der Waals surface area contributed by atoms with Gasteiger partial charge in [0.1, 0.15) is 11.5 Å². The molecule has 0 saturated heterocycles. The minimum Gasteiger partial charge on any atom is -0.450 e. The van der Waals surface area contributed by atoms with E-state index < -0.39 is 12.1 Å². The van der Waals surface area contributed by atoms with Crippen molar-refractivity contribution in [3.63, 3.8) is 0 Å². The summed E-state index contributed by atoms with van der Waals surface area (Å²) in [7, 11) is 1.73. The van der Waals surface area contributed by atoms with E-state index in [-0.39, 0.29) is 5.92 Å². The van der Waals surface area contributed by atoms with E-state index in [1.165, 1.54) is 4.68 Å². The summed E-state index contributed by atoms with van der Waals surface area (Å²) in [5.41, 5.74) is 1.34. The first-order chi connectivity index (χ1) is 9.40. The van der Waals surface area contributed by atoms with Gasteiger partial charge in [0, 0.05) is 12.6 Å². The summed E-state index contributed by atoms with van der Waals surface area (Å²) in [5.74, 6) is 0.936. The molecule has 1 atom stereocenters. The second-order valence-electron chi connectivity index (χ2n) is 5.05. The number of aryl methyl sites for hydroxylation is 2. The van der Waals surface area contributed by atoms with E-state index in [0.29, 0.717) is 17.3 Å². The van der Waals surface area contributed by atoms with Gasteiger partial charge < -0.3 is 4.74 Å². The highest BCUT2D eigenvalue weighted by Gasteiger charge is 2.23. The van der Waals surface area contributed by atoms with Crippen LogP contribution in [0, 0.1) is 6.92 Å². The number of carbonyl (C=O) groups is 1. The van der Waals surface area contributed by atoms with Crippen molar-refractivity contribution < 1.29 is 9.53 Å². The van der Waals surface area contributed by atoms with Gasteiger partial charge in [0.2, 0.25) is 0 Å². The fourth-order valence-electron chi connectivity index (χ4n) is 1.94. The average molecular weight is 277 g/mol. The van der Waals surface area contributed by atoms with Crippen LogP contribution >= 0.6 is 0 Å². The number of rotatable bonds is 4. The molecule has 2 heterocycles. The quantitative estimate of drug-likeness (QED) is 0.862. The Morgan fingerprint density at radius 2 is 2.10 bits per heavy atom. The number of esters is 1. The van der Waals surface area contributed by atoms with Crippen molar-refractivity contribution >= 4 is 5.97 Å². The molecule has 0 aliphatic rings. The zero-order valence-electron chi connectivity index (χ0n) is 12.3. The highest BCUT2D eigenvalue weighted by atomic mass is 16.5. The first-order valence-corrected chi connectivity index (χ1v) is 6.52. The van der Waals surface area contributed by atoms with Gasteiger partial charge in [0.15, 0.2) is 11.9 Å². The van der Waals surface area contributed by atoms with Gasteiger partial charge in [-0.3, -0.25) is 9.78 Å². The third-order valence-corrected chi connectivity index (χ3v) is 3.04. The first kappa shape index (κ1) is 14.2. The Kier molecular flexibility index (Phi) is 3.87. The van der Waals surface area contributed by atoms with Crippen LogP contribution in [0.1, 0.15) is 60.5 Å². The summed E-state index contributed by atoms with van der Waals surface area (Å²) in [6.45, 7) is 7.56. The van der Waals surface area contributed by atoms with E-state index in [1.807, 2.05) is 13.8 Å². The predicted molar refractivity (Wildman–Crippen MR) is 72.2 cm³/mol. The van der Waals surface area contributed by atoms with Gasteiger partial charge in [-0.25, -0.2) is 9.78 Å². The molecule has 2 aromatic rings. The number of aromatic nitrogens is 5. The second-order valence-corrected chi connectivity index (χ2v) is 5.05. The third-order valence-electron chi connectivity index (χ3n) is 3.04. The number of nitrogens with zero attached hydrogens (tertiary/aromatic N) is 4. The zero-order chi connectivity index (χ0) is 14.9. The van der Waals surface area contributed by atoms with Crippen LogP contribution in [0.15, 0.2) is 6.20 Å². The molecule has 0 radical (unpaired) electrons. The van der Waals surface area contributed by atoms with Crippen LogP contribution in [-0.4, -0.2) is 30.9 Å². The Morgan fingerprint density at radius 3 is 2.65 bits per heavy atom. The Bertz CT molecular complexity index is 614. The maximum Gasteiger partial charge on any atom is 0.357 e. The molecule has 0 spiro atoms. The van der Waals surface area contributed by atoms with Crippen molar-refractivity contribution in [1.29, 1.82) is 0 Å². The largest absolute Gasteiger partial charge is 0.450 e. The molecule has 108 valence electrons. The zero-order valence-corrected chi connectivity index (χ0v) is 12.3. The number of nitrogens with one attached hydrogen (secondary N) is 1. The van der Waals surface area contributed by atoms with Gasteiger partial charge in [-0.1, -0.05) is 13.8 Å². The van der Waals surface area contributed by atoms with Crippen molar-refractivity contribution in [2.24, 2.45) is 7.05 Å². The molecule has 0 aromatic carbocycles. The topological polar surface area (TPSA) is 85.7 Å². The third kappa shape index (κ3) is 2.71. The lowest BCUT2D eigenvalue weighted by molar-refractivity contribution is 0.0306. The van der Waals surface area contributed by atoms with Gasteiger partial charge in [-0.15, -0.1) is 0 Å². The summed E-state index contributed by atoms with van der Waals surface area (Å²) in [6.07, 6.45) is 1.19. The number of carbonyl (C=O) groups excluding carboxylic acids is 1. The normalized spacial score (nSPS) is 12.7. The van der Waals surface area contributed by atoms with Crippen LogP contribution in [0.4, 0.5) is 0 Å². The Balaban J connectivity index is 2.18. The molecule has 0 saturated carbocycles. The molecule has 0 aliphatic carbocycles. The fraction of sp³-hybridized carbons (Fsp3) is 0.538. The summed E-state index contributed by atoms with van der Waals surface area (Å²) in [5, 5.41) is 10.8. The molecule has 1 N–H and O–H groups in total. The van der Waals surface area contributed by atoms with Crippen LogP contribution in [-0.2, 0) is 11.8 Å². The molecule has 2 aromatic heterocycles. The highest BCUT2D eigenvalue weighted by molar-refractivity contribution is 5.89. The van der Waals surface area contributed by atoms with Gasteiger partial charge in [-0.2, -0.15) is 10.2 Å². The smallest absolute Gasteiger partial charge is 0.357 e. The minimum absolute atomic E-state index is 0.201. The lowest BCUT2D eigenvalue weighted by Gasteiger charge is -2.12. The molecular formula is C13H19N5O2. The molecule has 7 nitrogen and oxygen atoms in total. The number of ether oxygens (including phenoxy) is 1. The lowest BCUT2D eigenvalue weighted by Crippen LogP contribution is -2.16. The van der Waals surface area contributed by atoms with E-state index in [4.69, 9.17) is 4.74 Å². The first-order valence-electron chi connectivity index (χ1n) is 6.52. The molecule has 1 unspecified atom stereocenters. The van der Waals surface area contributed by atoms with Crippen molar-refractivity contribution in [1.82, 2.24) is 25.0 Å². The van der Waals surface area contributed by atoms with Crippen LogP contribution in [0.25, 0.3) is 0 Å². The monoisotopic (exact) mass is 277 g/mol. The van der Waals surface area contributed by atoms with Crippen LogP contribution in [0.2, 0.25) is 0 Å². The van der Waals surface area contributed by atoms with Crippen molar-refractivity contribution in [2.75, 3.05) is 0 Å². The maximum atomic E-state index is 12.3. The molecule has 7 heteroatoms. The summed E-state index contributed by atoms with van der Waals surface area (Å²) in [6, 6.07) is 0. The molecule has 2 rings (SSSR count). The van der Waals surface area contributed by atoms with Crippen molar-refractivity contribution in [3.05, 3.63) is 29.1 Å². The van der Waals surface area contributed by atoms with E-state index in [9.17, 15) is 4.79 Å². The van der Waals surface area contributed by atoms with Crippen molar-refractivity contribution in [3.8, 4) is 0 Å². The van der Waals surface area contributed by atoms with Crippen LogP contribution in [0.3, 0.4) is 0 Å². The Labute approximate surface area is 117 Å². The Hall–Kier alpha value is -2.18. The van der Waals surface area contributed by atoms with E-state index in [0.717, 1.165) is 5.56 Å². The number of H-pyrrole nitrogens is 1. The minimum atomic E-state index is -0.512. The maximum absolute atomic E-state index is 12.3. The van der Waals surface area contributed by atoms with Gasteiger partial charge in [-0.05, 0) is 19.8 Å². The Morgan fingerprint density at radius 1 is 1.40 bits per heavy atom. The summed E-state index contributed by atoms with van der Waals surface area (Å²) in [4.78, 5) is 16.5. The molecule has 0 bridgehead atoms. The molecular weight excluding hydrogens is 258 g/mol. The summed E-state index contributed by atoms with van der Waals surface area (Å²) >= 11 is 0. The van der Waals surface area contributed by atoms with Gasteiger partial charge >= 0.3 is 5.97 Å². The fourth-order valence-corrected chi connectivity index (χ4v) is 1.94. The van der Waals surface area contributed by atoms with E-state index >= 15 is 0 Å². The van der Waals surface area contributed by atoms with E-state index in [1.54, 1.807) is 27.1 Å². The van der Waals surface area contributed by atoms with E-state index in [2.05, 4.69) is 20.3 Å². The number of hydrogen-bond donors (Lipinski definition) is 1. The molecule has 0 aliphatic heterocycles. The highest BCUT2D eigenvalue weighted by Crippen LogP contribution is 2.22. The number of hydrogen-bond acceptors (Lipinski definition) is 5. The van der Waals surface area contributed by atoms with Crippen molar-refractivity contribution in [2.45, 2.75) is 39.7 Å². The standard InChI is InChI=1S/C13H19N5O2/c1-7(2)10-6-14-18(5)11(10)13(19)20-8(3)12-15-9(4)16-17-12/h6-8H,1-5H3,(H,15,16,17). The molecule has 20 heavy (non-hydrogen) atoms. The second kappa shape index (κ2) is 5.44. The van der Waals surface area contributed by atoms with Gasteiger partial charge in [0.05, 0.1) is 6.20 Å².